The van der Waals surface area contributed by atoms with Crippen LogP contribution < -0.4 is 20.3 Å². The Labute approximate surface area is 283 Å². The van der Waals surface area contributed by atoms with Gasteiger partial charge in [0.1, 0.15) is 22.7 Å². The smallest absolute Gasteiger partial charge is 0.494 e. The number of ether oxygens (including phenoxy) is 3. The summed E-state index contributed by atoms with van der Waals surface area (Å²) in [5.74, 6) is -0.894. The summed E-state index contributed by atoms with van der Waals surface area (Å²) < 4.78 is 48.0. The SMILES string of the molecule is CCn1nc(C)cc1C(=O)Nc1nc2cc(C(N)=O)cc(OC)c2n1CCc1ccc(OP(=O)(OCOC)OCOC(=O)C(C)(C)C)cc1. The third-order valence-electron chi connectivity index (χ3n) is 7.08. The zero-order valence-electron chi connectivity index (χ0n) is 28.5. The van der Waals surface area contributed by atoms with Crippen LogP contribution in [0.2, 0.25) is 0 Å². The van der Waals surface area contributed by atoms with Gasteiger partial charge in [0.2, 0.25) is 18.6 Å². The zero-order chi connectivity index (χ0) is 35.9. The van der Waals surface area contributed by atoms with Crippen molar-refractivity contribution in [3.05, 3.63) is 65.0 Å². The van der Waals surface area contributed by atoms with E-state index in [9.17, 15) is 18.9 Å². The predicted molar refractivity (Wildman–Crippen MR) is 178 cm³/mol. The maximum absolute atomic E-state index is 13.4. The highest BCUT2D eigenvalue weighted by molar-refractivity contribution is 7.48. The Balaban J connectivity index is 1.57. The van der Waals surface area contributed by atoms with E-state index in [1.54, 1.807) is 67.3 Å². The van der Waals surface area contributed by atoms with Gasteiger partial charge in [-0.25, -0.2) is 18.6 Å². The number of nitrogens with two attached hydrogens (primary N) is 1. The van der Waals surface area contributed by atoms with Gasteiger partial charge in [-0.2, -0.15) is 5.10 Å². The quantitative estimate of drug-likeness (QED) is 0.0918. The number of phosphoric acid groups is 1. The molecule has 16 nitrogen and oxygen atoms in total. The Morgan fingerprint density at radius 1 is 1.02 bits per heavy atom. The maximum Gasteiger partial charge on any atom is 0.535 e. The number of amides is 2. The molecule has 0 aliphatic heterocycles. The number of hydrogen-bond acceptors (Lipinski definition) is 12. The van der Waals surface area contributed by atoms with Crippen LogP contribution in [0.5, 0.6) is 11.5 Å². The molecule has 0 radical (unpaired) electrons. The van der Waals surface area contributed by atoms with Crippen molar-refractivity contribution in [2.45, 2.75) is 54.1 Å². The van der Waals surface area contributed by atoms with Crippen LogP contribution >= 0.6 is 7.82 Å². The fourth-order valence-electron chi connectivity index (χ4n) is 4.63. The van der Waals surface area contributed by atoms with Gasteiger partial charge in [0.25, 0.3) is 5.91 Å². The Bertz CT molecular complexity index is 1860. The summed E-state index contributed by atoms with van der Waals surface area (Å²) in [6.07, 6.45) is 0.443. The number of aryl methyl sites for hydroxylation is 4. The number of carbonyl (C=O) groups is 3. The molecule has 2 amide bonds. The van der Waals surface area contributed by atoms with Gasteiger partial charge in [-0.05, 0) is 76.9 Å². The van der Waals surface area contributed by atoms with Crippen LogP contribution in [0.15, 0.2) is 42.5 Å². The van der Waals surface area contributed by atoms with Crippen LogP contribution in [0.4, 0.5) is 5.95 Å². The molecule has 0 saturated carbocycles. The first-order valence-corrected chi connectivity index (χ1v) is 16.7. The maximum atomic E-state index is 13.4. The van der Waals surface area contributed by atoms with Crippen molar-refractivity contribution >= 4 is 42.6 Å². The van der Waals surface area contributed by atoms with Crippen LogP contribution in [0, 0.1) is 12.3 Å². The molecule has 264 valence electrons. The number of nitrogens with zero attached hydrogens (tertiary/aromatic N) is 4. The van der Waals surface area contributed by atoms with Gasteiger partial charge in [-0.3, -0.25) is 24.4 Å². The van der Waals surface area contributed by atoms with Gasteiger partial charge in [0.15, 0.2) is 6.79 Å². The molecule has 2 heterocycles. The lowest BCUT2D eigenvalue weighted by molar-refractivity contribution is -0.160. The molecular formula is C32H41N6O10P. The number of esters is 1. The number of methoxy groups -OCH3 is 2. The number of phosphoric ester groups is 1. The highest BCUT2D eigenvalue weighted by Crippen LogP contribution is 2.49. The number of hydrogen-bond donors (Lipinski definition) is 2. The lowest BCUT2D eigenvalue weighted by Gasteiger charge is -2.20. The van der Waals surface area contributed by atoms with Gasteiger partial charge in [0.05, 0.1) is 23.7 Å². The van der Waals surface area contributed by atoms with Crippen molar-refractivity contribution in [1.29, 1.82) is 0 Å². The Morgan fingerprint density at radius 3 is 2.33 bits per heavy atom. The van der Waals surface area contributed by atoms with E-state index in [-0.39, 0.29) is 17.3 Å². The lowest BCUT2D eigenvalue weighted by atomic mass is 9.98. The van der Waals surface area contributed by atoms with Crippen molar-refractivity contribution < 1.29 is 46.7 Å². The summed E-state index contributed by atoms with van der Waals surface area (Å²) in [6.45, 7) is 8.45. The summed E-state index contributed by atoms with van der Waals surface area (Å²) in [7, 11) is -1.44. The topological polar surface area (TPSA) is 197 Å². The molecule has 0 fully saturated rings. The number of primary amides is 1. The summed E-state index contributed by atoms with van der Waals surface area (Å²) in [4.78, 5) is 42.1. The van der Waals surface area contributed by atoms with Crippen molar-refractivity contribution in [3.63, 3.8) is 0 Å². The molecule has 3 N–H and O–H groups in total. The fraction of sp³-hybridized carbons (Fsp3) is 0.406. The van der Waals surface area contributed by atoms with Gasteiger partial charge < -0.3 is 29.0 Å². The number of benzene rings is 2. The number of anilines is 1. The van der Waals surface area contributed by atoms with Crippen LogP contribution in [0.3, 0.4) is 0 Å². The van der Waals surface area contributed by atoms with Crippen LogP contribution in [0.1, 0.15) is 59.8 Å². The van der Waals surface area contributed by atoms with Crippen LogP contribution in [-0.4, -0.2) is 64.9 Å². The van der Waals surface area contributed by atoms with Gasteiger partial charge in [-0.1, -0.05) is 12.1 Å². The number of rotatable bonds is 16. The highest BCUT2D eigenvalue weighted by atomic mass is 31.2. The minimum atomic E-state index is -4.24. The van der Waals surface area contributed by atoms with E-state index in [0.717, 1.165) is 5.56 Å². The monoisotopic (exact) mass is 700 g/mol. The molecule has 4 rings (SSSR count). The number of imidazole rings is 1. The summed E-state index contributed by atoms with van der Waals surface area (Å²) in [5, 5.41) is 7.24. The third-order valence-corrected chi connectivity index (χ3v) is 8.36. The molecule has 17 heteroatoms. The molecule has 49 heavy (non-hydrogen) atoms. The van der Waals surface area contributed by atoms with E-state index in [2.05, 4.69) is 15.4 Å². The Kier molecular flexibility index (Phi) is 11.8. The van der Waals surface area contributed by atoms with Crippen LogP contribution in [-0.2, 0) is 47.4 Å². The normalized spacial score (nSPS) is 12.8. The third kappa shape index (κ3) is 9.23. The first-order chi connectivity index (χ1) is 23.2. The van der Waals surface area contributed by atoms with E-state index in [0.29, 0.717) is 47.7 Å². The average molecular weight is 701 g/mol. The molecule has 1 unspecified atom stereocenters. The largest absolute Gasteiger partial charge is 0.535 e. The molecule has 0 saturated heterocycles. The molecule has 0 spiro atoms. The molecule has 0 aliphatic rings. The first kappa shape index (κ1) is 37.1. The van der Waals surface area contributed by atoms with Gasteiger partial charge in [-0.15, -0.1) is 0 Å². The van der Waals surface area contributed by atoms with Gasteiger partial charge in [0, 0.05) is 25.8 Å². The molecule has 2 aromatic heterocycles. The summed E-state index contributed by atoms with van der Waals surface area (Å²) in [5.41, 5.74) is 7.79. The standard InChI is InChI=1S/C32H41N6O10P/c1-8-38-25(15-20(2)36-38)29(40)35-31-34-24-16-22(28(33)39)17-26(44-7)27(24)37(31)14-13-21-9-11-23(12-10-21)48-49(42,46-18-43-6)47-19-45-30(41)32(3,4)5/h9-12,15-17H,8,13-14,18-19H2,1-7H3,(H2,33,39)(H,34,35,40). The Morgan fingerprint density at radius 2 is 1.71 bits per heavy atom. The number of aromatic nitrogens is 4. The van der Waals surface area contributed by atoms with E-state index >= 15 is 0 Å². The summed E-state index contributed by atoms with van der Waals surface area (Å²) >= 11 is 0. The first-order valence-electron chi connectivity index (χ1n) is 15.3. The van der Waals surface area contributed by atoms with Crippen molar-refractivity contribution in [1.82, 2.24) is 19.3 Å². The minimum Gasteiger partial charge on any atom is -0.494 e. The molecule has 4 aromatic rings. The van der Waals surface area contributed by atoms with Gasteiger partial charge >= 0.3 is 13.8 Å². The molecule has 0 aliphatic carbocycles. The summed E-state index contributed by atoms with van der Waals surface area (Å²) in [6, 6.07) is 11.4. The van der Waals surface area contributed by atoms with E-state index in [4.69, 9.17) is 33.5 Å². The molecule has 2 aromatic carbocycles. The Hall–Kier alpha value is -4.76. The minimum absolute atomic E-state index is 0.162. The second-order valence-corrected chi connectivity index (χ2v) is 13.4. The van der Waals surface area contributed by atoms with Crippen LogP contribution in [0.25, 0.3) is 11.0 Å². The number of nitrogens with one attached hydrogen (secondary N) is 1. The predicted octanol–water partition coefficient (Wildman–Crippen LogP) is 4.83. The molecule has 1 atom stereocenters. The van der Waals surface area contributed by atoms with Crippen molar-refractivity contribution in [2.75, 3.05) is 33.1 Å². The van der Waals surface area contributed by atoms with E-state index in [1.165, 1.54) is 26.4 Å². The lowest BCUT2D eigenvalue weighted by Crippen LogP contribution is -2.24. The second kappa shape index (κ2) is 15.6. The van der Waals surface area contributed by atoms with E-state index < -0.39 is 44.6 Å². The highest BCUT2D eigenvalue weighted by Gasteiger charge is 2.31. The van der Waals surface area contributed by atoms with Crippen molar-refractivity contribution in [3.8, 4) is 11.5 Å². The van der Waals surface area contributed by atoms with Crippen molar-refractivity contribution in [2.24, 2.45) is 11.1 Å². The fourth-order valence-corrected chi connectivity index (χ4v) is 5.61. The second-order valence-electron chi connectivity index (χ2n) is 11.8. The van der Waals surface area contributed by atoms with E-state index in [1.807, 2.05) is 6.92 Å². The molecular weight excluding hydrogens is 659 g/mol. The number of carbonyl (C=O) groups excluding carboxylic acids is 3. The average Bonchev–Trinajstić information content (AvgIpc) is 3.61. The zero-order valence-corrected chi connectivity index (χ0v) is 29.4. The molecule has 0 bridgehead atoms. The number of fused-ring (bicyclic) bond motifs is 1.